The molecule has 0 heterocycles. The fourth-order valence-corrected chi connectivity index (χ4v) is 1.72. The van der Waals surface area contributed by atoms with E-state index in [2.05, 4.69) is 0 Å². The highest BCUT2D eigenvalue weighted by Crippen LogP contribution is 2.30. The molecule has 2 nitrogen and oxygen atoms in total. The number of benzene rings is 1. The molecule has 0 aliphatic rings. The quantitative estimate of drug-likeness (QED) is 0.910. The minimum Gasteiger partial charge on any atom is -0.495 e. The molecule has 0 aliphatic heterocycles. The molecule has 1 rings (SSSR count). The molecule has 0 amide bonds. The highest BCUT2D eigenvalue weighted by molar-refractivity contribution is 6.32. The van der Waals surface area contributed by atoms with E-state index in [0.717, 1.165) is 12.0 Å². The van der Waals surface area contributed by atoms with Gasteiger partial charge in [-0.15, -0.1) is 12.4 Å². The number of halogens is 3. The van der Waals surface area contributed by atoms with E-state index in [9.17, 15) is 4.39 Å². The van der Waals surface area contributed by atoms with Crippen LogP contribution in [0.4, 0.5) is 4.39 Å². The van der Waals surface area contributed by atoms with E-state index in [-0.39, 0.29) is 29.3 Å². The third-order valence-corrected chi connectivity index (χ3v) is 2.58. The van der Waals surface area contributed by atoms with Gasteiger partial charge in [0.05, 0.1) is 12.1 Å². The van der Waals surface area contributed by atoms with Gasteiger partial charge in [0.25, 0.3) is 0 Å². The SMILES string of the molecule is CCC(N)Cc1cc(F)cc(Cl)c1OC.Cl. The topological polar surface area (TPSA) is 35.2 Å². The van der Waals surface area contributed by atoms with Crippen LogP contribution in [-0.2, 0) is 6.42 Å². The van der Waals surface area contributed by atoms with Gasteiger partial charge in [-0.2, -0.15) is 0 Å². The maximum Gasteiger partial charge on any atom is 0.140 e. The van der Waals surface area contributed by atoms with Crippen molar-refractivity contribution in [3.63, 3.8) is 0 Å². The van der Waals surface area contributed by atoms with Crippen LogP contribution in [0.3, 0.4) is 0 Å². The number of methoxy groups -OCH3 is 1. The van der Waals surface area contributed by atoms with E-state index in [1.165, 1.54) is 19.2 Å². The molecule has 1 aromatic carbocycles. The zero-order valence-corrected chi connectivity index (χ0v) is 10.9. The molecule has 1 atom stereocenters. The van der Waals surface area contributed by atoms with Crippen molar-refractivity contribution in [2.75, 3.05) is 7.11 Å². The van der Waals surface area contributed by atoms with E-state index in [1.54, 1.807) is 0 Å². The van der Waals surface area contributed by atoms with Crippen LogP contribution in [0.5, 0.6) is 5.75 Å². The average Bonchev–Trinajstić information content (AvgIpc) is 2.17. The summed E-state index contributed by atoms with van der Waals surface area (Å²) in [5, 5.41) is 0.288. The Morgan fingerprint density at radius 2 is 2.12 bits per heavy atom. The Morgan fingerprint density at radius 3 is 2.62 bits per heavy atom. The van der Waals surface area contributed by atoms with Crippen LogP contribution >= 0.6 is 24.0 Å². The predicted octanol–water partition coefficient (Wildman–Crippen LogP) is 3.19. The van der Waals surface area contributed by atoms with Gasteiger partial charge in [-0.05, 0) is 25.0 Å². The first-order valence-corrected chi connectivity index (χ1v) is 5.23. The third kappa shape index (κ3) is 3.81. The van der Waals surface area contributed by atoms with Crippen molar-refractivity contribution in [1.29, 1.82) is 0 Å². The van der Waals surface area contributed by atoms with E-state index in [4.69, 9.17) is 22.1 Å². The zero-order valence-electron chi connectivity index (χ0n) is 9.30. The monoisotopic (exact) mass is 267 g/mol. The second kappa shape index (κ2) is 6.94. The summed E-state index contributed by atoms with van der Waals surface area (Å²) in [5.74, 6) is 0.154. The molecule has 0 bridgehead atoms. The number of nitrogens with two attached hydrogens (primary N) is 1. The molecule has 2 N–H and O–H groups in total. The summed E-state index contributed by atoms with van der Waals surface area (Å²) < 4.78 is 18.2. The lowest BCUT2D eigenvalue weighted by Gasteiger charge is -2.13. The maximum atomic E-state index is 13.1. The van der Waals surface area contributed by atoms with E-state index < -0.39 is 0 Å². The first kappa shape index (κ1) is 15.5. The predicted molar refractivity (Wildman–Crippen MR) is 67.2 cm³/mol. The van der Waals surface area contributed by atoms with Crippen LogP contribution in [0.1, 0.15) is 18.9 Å². The van der Waals surface area contributed by atoms with Crippen molar-refractivity contribution in [1.82, 2.24) is 0 Å². The number of ether oxygens (including phenoxy) is 1. The normalized spacial score (nSPS) is 11.8. The highest BCUT2D eigenvalue weighted by Gasteiger charge is 2.12. The van der Waals surface area contributed by atoms with Crippen LogP contribution in [-0.4, -0.2) is 13.2 Å². The van der Waals surface area contributed by atoms with Crippen molar-refractivity contribution >= 4 is 24.0 Å². The van der Waals surface area contributed by atoms with Crippen LogP contribution in [0.15, 0.2) is 12.1 Å². The standard InChI is InChI=1S/C11H15ClFNO.ClH/c1-3-9(14)5-7-4-8(13)6-10(12)11(7)15-2;/h4,6,9H,3,5,14H2,1-2H3;1H. The molecule has 0 spiro atoms. The molecule has 16 heavy (non-hydrogen) atoms. The van der Waals surface area contributed by atoms with E-state index in [1.807, 2.05) is 6.92 Å². The highest BCUT2D eigenvalue weighted by atomic mass is 35.5. The minimum absolute atomic E-state index is 0. The Bertz CT molecular complexity index is 347. The fraction of sp³-hybridized carbons (Fsp3) is 0.455. The van der Waals surface area contributed by atoms with Gasteiger partial charge in [-0.1, -0.05) is 18.5 Å². The summed E-state index contributed by atoms with van der Waals surface area (Å²) >= 11 is 5.86. The van der Waals surface area contributed by atoms with Crippen molar-refractivity contribution in [3.05, 3.63) is 28.5 Å². The summed E-state index contributed by atoms with van der Waals surface area (Å²) in [6.45, 7) is 1.98. The molecule has 0 saturated heterocycles. The van der Waals surface area contributed by atoms with Crippen LogP contribution in [0, 0.1) is 5.82 Å². The second-order valence-corrected chi connectivity index (χ2v) is 3.86. The Balaban J connectivity index is 0.00000225. The van der Waals surface area contributed by atoms with Crippen molar-refractivity contribution in [2.45, 2.75) is 25.8 Å². The molecule has 92 valence electrons. The van der Waals surface area contributed by atoms with Gasteiger partial charge in [0, 0.05) is 11.6 Å². The largest absolute Gasteiger partial charge is 0.495 e. The van der Waals surface area contributed by atoms with Gasteiger partial charge in [0.1, 0.15) is 11.6 Å². The summed E-state index contributed by atoms with van der Waals surface area (Å²) in [6.07, 6.45) is 1.40. The van der Waals surface area contributed by atoms with E-state index in [0.29, 0.717) is 12.2 Å². The van der Waals surface area contributed by atoms with Crippen LogP contribution in [0.25, 0.3) is 0 Å². The van der Waals surface area contributed by atoms with Gasteiger partial charge in [0.2, 0.25) is 0 Å². The molecule has 1 unspecified atom stereocenters. The van der Waals surface area contributed by atoms with Crippen molar-refractivity contribution < 1.29 is 9.13 Å². The average molecular weight is 268 g/mol. The molecule has 0 radical (unpaired) electrons. The fourth-order valence-electron chi connectivity index (χ4n) is 1.42. The molecular weight excluding hydrogens is 252 g/mol. The first-order valence-electron chi connectivity index (χ1n) is 4.86. The van der Waals surface area contributed by atoms with Gasteiger partial charge in [-0.3, -0.25) is 0 Å². The third-order valence-electron chi connectivity index (χ3n) is 2.30. The summed E-state index contributed by atoms with van der Waals surface area (Å²) in [4.78, 5) is 0. The lowest BCUT2D eigenvalue weighted by Crippen LogP contribution is -2.21. The lowest BCUT2D eigenvalue weighted by atomic mass is 10.0. The van der Waals surface area contributed by atoms with E-state index >= 15 is 0 Å². The molecular formula is C11H16Cl2FNO. The van der Waals surface area contributed by atoms with Crippen LogP contribution < -0.4 is 10.5 Å². The molecule has 1 aromatic rings. The Morgan fingerprint density at radius 1 is 1.50 bits per heavy atom. The Hall–Kier alpha value is -0.510. The number of hydrogen-bond donors (Lipinski definition) is 1. The minimum atomic E-state index is -0.362. The summed E-state index contributed by atoms with van der Waals surface area (Å²) in [7, 11) is 1.51. The maximum absolute atomic E-state index is 13.1. The van der Waals surface area contributed by atoms with Crippen molar-refractivity contribution in [2.24, 2.45) is 5.73 Å². The smallest absolute Gasteiger partial charge is 0.140 e. The molecule has 0 fully saturated rings. The van der Waals surface area contributed by atoms with Gasteiger partial charge in [-0.25, -0.2) is 4.39 Å². The molecule has 0 aliphatic carbocycles. The van der Waals surface area contributed by atoms with Gasteiger partial charge < -0.3 is 10.5 Å². The number of rotatable bonds is 4. The first-order chi connectivity index (χ1) is 7.08. The van der Waals surface area contributed by atoms with Crippen LogP contribution in [0.2, 0.25) is 5.02 Å². The summed E-state index contributed by atoms with van der Waals surface area (Å²) in [5.41, 5.74) is 6.53. The lowest BCUT2D eigenvalue weighted by molar-refractivity contribution is 0.406. The van der Waals surface area contributed by atoms with Gasteiger partial charge in [0.15, 0.2) is 0 Å². The number of hydrogen-bond acceptors (Lipinski definition) is 2. The molecule has 0 saturated carbocycles. The summed E-state index contributed by atoms with van der Waals surface area (Å²) in [6, 6.07) is 2.65. The van der Waals surface area contributed by atoms with Crippen molar-refractivity contribution in [3.8, 4) is 5.75 Å². The Kier molecular flexibility index (Phi) is 6.72. The second-order valence-electron chi connectivity index (χ2n) is 3.45. The molecule has 5 heteroatoms. The molecule has 0 aromatic heterocycles. The zero-order chi connectivity index (χ0) is 11.4. The Labute approximate surface area is 106 Å². The van der Waals surface area contributed by atoms with Gasteiger partial charge >= 0.3 is 0 Å².